The van der Waals surface area contributed by atoms with Crippen molar-refractivity contribution in [1.29, 1.82) is 0 Å². The number of hydrogen-bond acceptors (Lipinski definition) is 4. The molecule has 1 fully saturated rings. The third kappa shape index (κ3) is 2.88. The Kier molecular flexibility index (Phi) is 3.86. The Morgan fingerprint density at radius 3 is 2.82 bits per heavy atom. The van der Waals surface area contributed by atoms with Crippen molar-refractivity contribution in [2.75, 3.05) is 5.32 Å². The zero-order chi connectivity index (χ0) is 12.4. The van der Waals surface area contributed by atoms with Crippen LogP contribution in [0.25, 0.3) is 0 Å². The van der Waals surface area contributed by atoms with E-state index in [0.717, 1.165) is 0 Å². The van der Waals surface area contributed by atoms with Crippen molar-refractivity contribution in [2.45, 2.75) is 18.6 Å². The molecule has 2 rings (SSSR count). The fourth-order valence-electron chi connectivity index (χ4n) is 1.57. The highest BCUT2D eigenvalue weighted by molar-refractivity contribution is 6.44. The Morgan fingerprint density at radius 2 is 2.18 bits per heavy atom. The van der Waals surface area contributed by atoms with Crippen molar-refractivity contribution >= 4 is 34.8 Å². The summed E-state index contributed by atoms with van der Waals surface area (Å²) in [7, 11) is 0. The Labute approximate surface area is 109 Å². The molecule has 0 spiro atoms. The Balaban J connectivity index is 2.06. The highest BCUT2D eigenvalue weighted by Gasteiger charge is 2.27. The second-order valence-electron chi connectivity index (χ2n) is 3.77. The van der Waals surface area contributed by atoms with Gasteiger partial charge < -0.3 is 11.1 Å². The van der Waals surface area contributed by atoms with Crippen LogP contribution in [0.1, 0.15) is 6.42 Å². The van der Waals surface area contributed by atoms with Gasteiger partial charge in [0.2, 0.25) is 5.91 Å². The van der Waals surface area contributed by atoms with Crippen LogP contribution in [0.2, 0.25) is 10.0 Å². The minimum atomic E-state index is -0.375. The van der Waals surface area contributed by atoms with E-state index in [9.17, 15) is 4.79 Å². The van der Waals surface area contributed by atoms with Crippen LogP contribution in [0.5, 0.6) is 0 Å². The third-order valence-corrected chi connectivity index (χ3v) is 3.28. The number of amides is 1. The average Bonchev–Trinajstić information content (AvgIpc) is 2.72. The molecule has 1 saturated heterocycles. The minimum absolute atomic E-state index is 0.199. The normalized spacial score (nSPS) is 23.7. The Bertz CT molecular complexity index is 440. The highest BCUT2D eigenvalue weighted by atomic mass is 35.5. The molecule has 0 aliphatic carbocycles. The van der Waals surface area contributed by atoms with Crippen molar-refractivity contribution < 1.29 is 4.79 Å². The number of nitrogens with two attached hydrogens (primary N) is 1. The average molecular weight is 275 g/mol. The Morgan fingerprint density at radius 1 is 1.41 bits per heavy atom. The van der Waals surface area contributed by atoms with Crippen LogP contribution < -0.4 is 21.9 Å². The summed E-state index contributed by atoms with van der Waals surface area (Å²) in [6.45, 7) is 0. The molecule has 0 radical (unpaired) electrons. The molecule has 0 saturated carbocycles. The van der Waals surface area contributed by atoms with Gasteiger partial charge in [0, 0.05) is 6.42 Å². The molecule has 17 heavy (non-hydrogen) atoms. The summed E-state index contributed by atoms with van der Waals surface area (Å²) in [4.78, 5) is 11.9. The molecule has 7 heteroatoms. The van der Waals surface area contributed by atoms with Crippen LogP contribution in [0, 0.1) is 0 Å². The minimum Gasteiger partial charge on any atom is -0.323 e. The summed E-state index contributed by atoms with van der Waals surface area (Å²) >= 11 is 11.8. The molecule has 1 heterocycles. The highest BCUT2D eigenvalue weighted by Crippen LogP contribution is 2.29. The Hall–Kier alpha value is -0.850. The van der Waals surface area contributed by atoms with Crippen LogP contribution in [-0.2, 0) is 4.79 Å². The molecule has 2 unspecified atom stereocenters. The van der Waals surface area contributed by atoms with Gasteiger partial charge in [0.1, 0.15) is 6.04 Å². The maximum absolute atomic E-state index is 11.9. The largest absolute Gasteiger partial charge is 0.323 e. The molecule has 0 bridgehead atoms. The number of rotatable bonds is 2. The van der Waals surface area contributed by atoms with Gasteiger partial charge in [0.25, 0.3) is 0 Å². The predicted molar refractivity (Wildman–Crippen MR) is 67.7 cm³/mol. The monoisotopic (exact) mass is 274 g/mol. The summed E-state index contributed by atoms with van der Waals surface area (Å²) in [6, 6.07) is 4.69. The third-order valence-electron chi connectivity index (χ3n) is 2.46. The fraction of sp³-hybridized carbons (Fsp3) is 0.300. The van der Waals surface area contributed by atoms with E-state index in [1.807, 2.05) is 0 Å². The van der Waals surface area contributed by atoms with Crippen molar-refractivity contribution in [1.82, 2.24) is 10.9 Å². The maximum Gasteiger partial charge on any atom is 0.243 e. The van der Waals surface area contributed by atoms with Gasteiger partial charge in [-0.15, -0.1) is 0 Å². The van der Waals surface area contributed by atoms with E-state index >= 15 is 0 Å². The number of carbonyl (C=O) groups excluding carboxylic acids is 1. The lowest BCUT2D eigenvalue weighted by Crippen LogP contribution is -2.41. The lowest BCUT2D eigenvalue weighted by molar-refractivity contribution is -0.117. The van der Waals surface area contributed by atoms with Gasteiger partial charge in [0.05, 0.1) is 21.9 Å². The number of carbonyl (C=O) groups is 1. The van der Waals surface area contributed by atoms with Crippen LogP contribution in [-0.4, -0.2) is 18.1 Å². The summed E-state index contributed by atoms with van der Waals surface area (Å²) < 4.78 is 0. The topological polar surface area (TPSA) is 79.2 Å². The molecule has 1 aromatic carbocycles. The van der Waals surface area contributed by atoms with E-state index in [0.29, 0.717) is 22.2 Å². The van der Waals surface area contributed by atoms with Crippen LogP contribution in [0.15, 0.2) is 18.2 Å². The van der Waals surface area contributed by atoms with E-state index in [-0.39, 0.29) is 18.1 Å². The van der Waals surface area contributed by atoms with Gasteiger partial charge in [-0.25, -0.2) is 10.9 Å². The lowest BCUT2D eigenvalue weighted by atomic mass is 10.2. The van der Waals surface area contributed by atoms with Crippen molar-refractivity contribution in [3.8, 4) is 0 Å². The summed E-state index contributed by atoms with van der Waals surface area (Å²) in [5.41, 5.74) is 11.7. The second kappa shape index (κ2) is 5.20. The number of hydrazine groups is 1. The quantitative estimate of drug-likeness (QED) is 0.651. The first-order chi connectivity index (χ1) is 8.08. The zero-order valence-corrected chi connectivity index (χ0v) is 10.3. The summed E-state index contributed by atoms with van der Waals surface area (Å²) in [6.07, 6.45) is 0.296. The second-order valence-corrected chi connectivity index (χ2v) is 4.56. The smallest absolute Gasteiger partial charge is 0.243 e. The fourth-order valence-corrected chi connectivity index (χ4v) is 1.92. The molecular weight excluding hydrogens is 263 g/mol. The van der Waals surface area contributed by atoms with Gasteiger partial charge >= 0.3 is 0 Å². The summed E-state index contributed by atoms with van der Waals surface area (Å²) in [5, 5.41) is 3.43. The van der Waals surface area contributed by atoms with E-state index in [1.54, 1.807) is 18.2 Å². The predicted octanol–water partition coefficient (Wildman–Crippen LogP) is 1.08. The molecule has 1 aliphatic heterocycles. The van der Waals surface area contributed by atoms with Gasteiger partial charge in [-0.3, -0.25) is 4.79 Å². The molecule has 1 aromatic rings. The van der Waals surface area contributed by atoms with Gasteiger partial charge in [-0.1, -0.05) is 29.3 Å². The lowest BCUT2D eigenvalue weighted by Gasteiger charge is -2.12. The SMILES string of the molecule is NC1CC(C(=O)Nc2cccc(Cl)c2Cl)NN1. The zero-order valence-electron chi connectivity index (χ0n) is 8.84. The number of halogens is 2. The molecular formula is C10H12Cl2N4O. The van der Waals surface area contributed by atoms with Gasteiger partial charge in [0.15, 0.2) is 0 Å². The first kappa shape index (κ1) is 12.6. The molecule has 5 nitrogen and oxygen atoms in total. The van der Waals surface area contributed by atoms with Gasteiger partial charge in [-0.2, -0.15) is 0 Å². The van der Waals surface area contributed by atoms with Crippen molar-refractivity contribution in [3.63, 3.8) is 0 Å². The molecule has 1 aliphatic rings. The van der Waals surface area contributed by atoms with E-state index < -0.39 is 0 Å². The first-order valence-corrected chi connectivity index (χ1v) is 5.85. The number of nitrogens with one attached hydrogen (secondary N) is 3. The van der Waals surface area contributed by atoms with Crippen molar-refractivity contribution in [2.24, 2.45) is 5.73 Å². The van der Waals surface area contributed by atoms with E-state index in [2.05, 4.69) is 16.2 Å². The van der Waals surface area contributed by atoms with E-state index in [4.69, 9.17) is 28.9 Å². The van der Waals surface area contributed by atoms with Crippen LogP contribution >= 0.6 is 23.2 Å². The number of hydrogen-bond donors (Lipinski definition) is 4. The van der Waals surface area contributed by atoms with Crippen LogP contribution in [0.3, 0.4) is 0 Å². The number of anilines is 1. The standard InChI is InChI=1S/C10H12Cl2N4O/c11-5-2-1-3-6(9(5)12)14-10(17)7-4-8(13)16-15-7/h1-3,7-8,15-16H,4,13H2,(H,14,17). The molecule has 92 valence electrons. The molecule has 2 atom stereocenters. The van der Waals surface area contributed by atoms with Gasteiger partial charge in [-0.05, 0) is 12.1 Å². The molecule has 5 N–H and O–H groups in total. The number of benzene rings is 1. The maximum atomic E-state index is 11.9. The van der Waals surface area contributed by atoms with E-state index in [1.165, 1.54) is 0 Å². The molecule has 1 amide bonds. The van der Waals surface area contributed by atoms with Crippen molar-refractivity contribution in [3.05, 3.63) is 28.2 Å². The first-order valence-electron chi connectivity index (χ1n) is 5.09. The van der Waals surface area contributed by atoms with Crippen LogP contribution in [0.4, 0.5) is 5.69 Å². The summed E-state index contributed by atoms with van der Waals surface area (Å²) in [5.74, 6) is -0.199. The molecule has 0 aromatic heterocycles.